The molecule has 0 radical (unpaired) electrons. The maximum absolute atomic E-state index is 5.76. The van der Waals surface area contributed by atoms with Gasteiger partial charge in [-0.15, -0.1) is 11.3 Å². The van der Waals surface area contributed by atoms with Gasteiger partial charge in [-0.3, -0.25) is 0 Å². The topological polar surface area (TPSA) is 42.2 Å². The predicted molar refractivity (Wildman–Crippen MR) is 74.6 cm³/mol. The zero-order chi connectivity index (χ0) is 12.3. The smallest absolute Gasteiger partial charge is 0.185 e. The van der Waals surface area contributed by atoms with Crippen LogP contribution in [0.2, 0.25) is 0 Å². The van der Waals surface area contributed by atoms with Crippen molar-refractivity contribution in [3.63, 3.8) is 0 Å². The van der Waals surface area contributed by atoms with Crippen molar-refractivity contribution >= 4 is 16.5 Å². The Morgan fingerprint density at radius 2 is 2.06 bits per heavy atom. The van der Waals surface area contributed by atoms with Crippen LogP contribution in [0.15, 0.2) is 0 Å². The summed E-state index contributed by atoms with van der Waals surface area (Å²) in [5, 5.41) is 1.19. The first kappa shape index (κ1) is 12.8. The van der Waals surface area contributed by atoms with Gasteiger partial charge >= 0.3 is 0 Å². The fourth-order valence-corrected chi connectivity index (χ4v) is 3.55. The molecule has 0 bridgehead atoms. The number of aromatic nitrogens is 1. The molecule has 0 amide bonds. The lowest BCUT2D eigenvalue weighted by Gasteiger charge is -2.31. The highest BCUT2D eigenvalue weighted by Gasteiger charge is 2.21. The van der Waals surface area contributed by atoms with Crippen LogP contribution in [0.4, 0.5) is 5.13 Å². The molecule has 1 aromatic heterocycles. The molecule has 4 heteroatoms. The van der Waals surface area contributed by atoms with Crippen molar-refractivity contribution in [2.75, 3.05) is 18.0 Å². The summed E-state index contributed by atoms with van der Waals surface area (Å²) < 4.78 is 0. The molecule has 1 aromatic rings. The first-order valence-corrected chi connectivity index (χ1v) is 7.53. The number of nitrogens with zero attached hydrogens (tertiary/aromatic N) is 2. The molecular formula is C13H23N3S. The van der Waals surface area contributed by atoms with Gasteiger partial charge in [0.2, 0.25) is 0 Å². The van der Waals surface area contributed by atoms with E-state index in [4.69, 9.17) is 10.7 Å². The third-order valence-corrected chi connectivity index (χ3v) is 4.93. The van der Waals surface area contributed by atoms with Gasteiger partial charge in [0.15, 0.2) is 5.13 Å². The Hall–Kier alpha value is -0.610. The summed E-state index contributed by atoms with van der Waals surface area (Å²) in [6.07, 6.45) is 4.94. The molecule has 17 heavy (non-hydrogen) atoms. The van der Waals surface area contributed by atoms with Crippen LogP contribution in [0.25, 0.3) is 0 Å². The molecule has 2 heterocycles. The van der Waals surface area contributed by atoms with Crippen molar-refractivity contribution in [3.8, 4) is 0 Å². The Labute approximate surface area is 108 Å². The minimum absolute atomic E-state index is 0.631. The van der Waals surface area contributed by atoms with E-state index in [9.17, 15) is 0 Å². The standard InChI is InChI=1S/C13H23N3S/c1-3-10-5-7-16(8-6-10)13-15-11(4-2)12(9-14)17-13/h10H,3-9,14H2,1-2H3. The second kappa shape index (κ2) is 5.83. The first-order valence-electron chi connectivity index (χ1n) is 6.72. The molecule has 0 saturated carbocycles. The maximum Gasteiger partial charge on any atom is 0.185 e. The van der Waals surface area contributed by atoms with Gasteiger partial charge in [0.25, 0.3) is 0 Å². The Kier molecular flexibility index (Phi) is 4.40. The quantitative estimate of drug-likeness (QED) is 0.897. The third-order valence-electron chi connectivity index (χ3n) is 3.75. The second-order valence-corrected chi connectivity index (χ2v) is 5.82. The van der Waals surface area contributed by atoms with Crippen molar-refractivity contribution in [2.45, 2.75) is 46.1 Å². The Balaban J connectivity index is 2.05. The van der Waals surface area contributed by atoms with E-state index in [1.807, 2.05) is 0 Å². The minimum Gasteiger partial charge on any atom is -0.348 e. The van der Waals surface area contributed by atoms with E-state index >= 15 is 0 Å². The number of hydrogen-bond donors (Lipinski definition) is 1. The fourth-order valence-electron chi connectivity index (χ4n) is 2.47. The van der Waals surface area contributed by atoms with Crippen LogP contribution in [0.3, 0.4) is 0 Å². The predicted octanol–water partition coefficient (Wildman–Crippen LogP) is 2.79. The lowest BCUT2D eigenvalue weighted by atomic mass is 9.95. The van der Waals surface area contributed by atoms with Gasteiger partial charge in [0.05, 0.1) is 5.69 Å². The largest absolute Gasteiger partial charge is 0.348 e. The average Bonchev–Trinajstić information content (AvgIpc) is 2.82. The molecule has 96 valence electrons. The van der Waals surface area contributed by atoms with Gasteiger partial charge in [-0.05, 0) is 25.2 Å². The molecule has 0 unspecified atom stereocenters. The van der Waals surface area contributed by atoms with Crippen LogP contribution in [-0.2, 0) is 13.0 Å². The summed E-state index contributed by atoms with van der Waals surface area (Å²) in [6, 6.07) is 0. The number of rotatable bonds is 4. The molecule has 1 saturated heterocycles. The molecule has 0 aromatic carbocycles. The summed E-state index contributed by atoms with van der Waals surface area (Å²) in [7, 11) is 0. The van der Waals surface area contributed by atoms with Gasteiger partial charge in [-0.1, -0.05) is 20.3 Å². The summed E-state index contributed by atoms with van der Waals surface area (Å²) in [6.45, 7) is 7.41. The van der Waals surface area contributed by atoms with E-state index in [1.165, 1.54) is 48.1 Å². The summed E-state index contributed by atoms with van der Waals surface area (Å²) >= 11 is 1.79. The lowest BCUT2D eigenvalue weighted by molar-refractivity contribution is 0.395. The zero-order valence-corrected chi connectivity index (χ0v) is 11.7. The Morgan fingerprint density at radius 3 is 2.53 bits per heavy atom. The van der Waals surface area contributed by atoms with Crippen LogP contribution >= 0.6 is 11.3 Å². The Morgan fingerprint density at radius 1 is 1.35 bits per heavy atom. The van der Waals surface area contributed by atoms with Gasteiger partial charge in [0, 0.05) is 24.5 Å². The lowest BCUT2D eigenvalue weighted by Crippen LogP contribution is -2.33. The monoisotopic (exact) mass is 253 g/mol. The molecule has 0 atom stereocenters. The third kappa shape index (κ3) is 2.80. The van der Waals surface area contributed by atoms with E-state index in [0.29, 0.717) is 6.54 Å². The molecule has 0 spiro atoms. The summed E-state index contributed by atoms with van der Waals surface area (Å²) in [5.41, 5.74) is 6.96. The van der Waals surface area contributed by atoms with Crippen LogP contribution in [0, 0.1) is 5.92 Å². The first-order chi connectivity index (χ1) is 8.28. The second-order valence-electron chi connectivity index (χ2n) is 4.76. The highest BCUT2D eigenvalue weighted by atomic mass is 32.1. The molecular weight excluding hydrogens is 230 g/mol. The van der Waals surface area contributed by atoms with Gasteiger partial charge < -0.3 is 10.6 Å². The van der Waals surface area contributed by atoms with Crippen molar-refractivity contribution in [2.24, 2.45) is 11.7 Å². The number of aryl methyl sites for hydroxylation is 1. The maximum atomic E-state index is 5.76. The number of anilines is 1. The van der Waals surface area contributed by atoms with Crippen molar-refractivity contribution in [1.82, 2.24) is 4.98 Å². The normalized spacial score (nSPS) is 17.7. The molecule has 2 N–H and O–H groups in total. The molecule has 0 aliphatic carbocycles. The minimum atomic E-state index is 0.631. The van der Waals surface area contributed by atoms with Crippen molar-refractivity contribution in [3.05, 3.63) is 10.6 Å². The fraction of sp³-hybridized carbons (Fsp3) is 0.769. The molecule has 1 aliphatic heterocycles. The van der Waals surface area contributed by atoms with Gasteiger partial charge in [0.1, 0.15) is 0 Å². The Bertz CT molecular complexity index is 332. The molecule has 1 aliphatic rings. The number of piperidine rings is 1. The van der Waals surface area contributed by atoms with Crippen LogP contribution < -0.4 is 10.6 Å². The van der Waals surface area contributed by atoms with E-state index in [1.54, 1.807) is 11.3 Å². The van der Waals surface area contributed by atoms with Crippen molar-refractivity contribution in [1.29, 1.82) is 0 Å². The molecule has 2 rings (SSSR count). The zero-order valence-electron chi connectivity index (χ0n) is 10.9. The number of nitrogens with two attached hydrogens (primary N) is 1. The average molecular weight is 253 g/mol. The molecule has 3 nitrogen and oxygen atoms in total. The van der Waals surface area contributed by atoms with E-state index in [-0.39, 0.29) is 0 Å². The van der Waals surface area contributed by atoms with Gasteiger partial charge in [-0.25, -0.2) is 4.98 Å². The van der Waals surface area contributed by atoms with Crippen LogP contribution in [0.5, 0.6) is 0 Å². The van der Waals surface area contributed by atoms with Crippen LogP contribution in [-0.4, -0.2) is 18.1 Å². The number of hydrogen-bond acceptors (Lipinski definition) is 4. The highest BCUT2D eigenvalue weighted by molar-refractivity contribution is 7.15. The summed E-state index contributed by atoms with van der Waals surface area (Å²) in [4.78, 5) is 8.44. The van der Waals surface area contributed by atoms with Crippen LogP contribution in [0.1, 0.15) is 43.7 Å². The van der Waals surface area contributed by atoms with Gasteiger partial charge in [-0.2, -0.15) is 0 Å². The van der Waals surface area contributed by atoms with E-state index < -0.39 is 0 Å². The van der Waals surface area contributed by atoms with E-state index in [0.717, 1.165) is 12.3 Å². The number of thiazole rings is 1. The highest BCUT2D eigenvalue weighted by Crippen LogP contribution is 2.30. The SMILES string of the molecule is CCc1nc(N2CCC(CC)CC2)sc1CN. The van der Waals surface area contributed by atoms with Crippen molar-refractivity contribution < 1.29 is 0 Å². The van der Waals surface area contributed by atoms with E-state index in [2.05, 4.69) is 18.7 Å². The molecule has 1 fully saturated rings. The summed E-state index contributed by atoms with van der Waals surface area (Å²) in [5.74, 6) is 0.922.